The molecule has 5 nitrogen and oxygen atoms in total. The molecule has 1 unspecified atom stereocenters. The molecule has 154 valence electrons. The highest BCUT2D eigenvalue weighted by Crippen LogP contribution is 2.36. The van der Waals surface area contributed by atoms with Gasteiger partial charge in [0.1, 0.15) is 5.56 Å². The van der Waals surface area contributed by atoms with Crippen molar-refractivity contribution in [3.63, 3.8) is 0 Å². The molecule has 0 N–H and O–H groups in total. The lowest BCUT2D eigenvalue weighted by atomic mass is 10.0. The molecular weight excluding hydrogens is 415 g/mol. The summed E-state index contributed by atoms with van der Waals surface area (Å²) in [5, 5.41) is 0.315. The van der Waals surface area contributed by atoms with E-state index in [4.69, 9.17) is 37.4 Å². The van der Waals surface area contributed by atoms with Crippen LogP contribution in [0.15, 0.2) is 48.6 Å². The van der Waals surface area contributed by atoms with E-state index < -0.39 is 18.0 Å². The lowest BCUT2D eigenvalue weighted by Crippen LogP contribution is -2.20. The molecule has 0 amide bonds. The van der Waals surface area contributed by atoms with Crippen LogP contribution < -0.4 is 4.74 Å². The predicted molar refractivity (Wildman–Crippen MR) is 113 cm³/mol. The highest BCUT2D eigenvalue weighted by atomic mass is 35.5. The maximum atomic E-state index is 13.0. The molecule has 0 aliphatic carbocycles. The Labute approximate surface area is 180 Å². The van der Waals surface area contributed by atoms with E-state index in [0.29, 0.717) is 5.56 Å². The first-order chi connectivity index (χ1) is 13.8. The number of hydrogen-bond acceptors (Lipinski definition) is 5. The summed E-state index contributed by atoms with van der Waals surface area (Å²) < 4.78 is 15.9. The second kappa shape index (κ2) is 10.3. The van der Waals surface area contributed by atoms with Gasteiger partial charge in [-0.25, -0.2) is 9.59 Å². The van der Waals surface area contributed by atoms with Crippen molar-refractivity contribution in [1.82, 2.24) is 0 Å². The molecule has 0 bridgehead atoms. The number of benzene rings is 2. The number of ether oxygens (including phenoxy) is 3. The highest BCUT2D eigenvalue weighted by molar-refractivity contribution is 6.37. The van der Waals surface area contributed by atoms with Gasteiger partial charge in [-0.05, 0) is 36.6 Å². The number of aryl methyl sites for hydroxylation is 1. The summed E-state index contributed by atoms with van der Waals surface area (Å²) >= 11 is 12.3. The van der Waals surface area contributed by atoms with Crippen LogP contribution in [0.1, 0.15) is 41.4 Å². The Morgan fingerprint density at radius 1 is 1.03 bits per heavy atom. The standard InChI is InChI=1S/C22H22Cl2O5/c1-5-14-7-9-15(10-8-14)19(13(3)21(25)28-6-2)29-22(26)18-16(23)11-12-17(24)20(18)27-4/h7-12,19H,3,5-6H2,1-2,4H3. The van der Waals surface area contributed by atoms with E-state index in [1.807, 2.05) is 19.1 Å². The normalized spacial score (nSPS) is 11.5. The zero-order valence-corrected chi connectivity index (χ0v) is 18.0. The van der Waals surface area contributed by atoms with E-state index in [-0.39, 0.29) is 33.5 Å². The third kappa shape index (κ3) is 5.31. The molecule has 7 heteroatoms. The average molecular weight is 437 g/mol. The van der Waals surface area contributed by atoms with Gasteiger partial charge >= 0.3 is 11.9 Å². The molecule has 1 atom stereocenters. The molecule has 0 fully saturated rings. The fourth-order valence-corrected chi connectivity index (χ4v) is 3.15. The smallest absolute Gasteiger partial charge is 0.344 e. The van der Waals surface area contributed by atoms with Gasteiger partial charge < -0.3 is 14.2 Å². The van der Waals surface area contributed by atoms with Crippen molar-refractivity contribution in [3.05, 3.63) is 75.3 Å². The summed E-state index contributed by atoms with van der Waals surface area (Å²) in [6, 6.07) is 10.3. The molecule has 29 heavy (non-hydrogen) atoms. The molecule has 2 aromatic carbocycles. The Morgan fingerprint density at radius 3 is 2.21 bits per heavy atom. The van der Waals surface area contributed by atoms with Gasteiger partial charge in [-0.1, -0.05) is 61.0 Å². The van der Waals surface area contributed by atoms with Gasteiger partial charge in [-0.3, -0.25) is 0 Å². The van der Waals surface area contributed by atoms with Gasteiger partial charge in [0.25, 0.3) is 0 Å². The fraction of sp³-hybridized carbons (Fsp3) is 0.273. The number of methoxy groups -OCH3 is 1. The molecule has 0 radical (unpaired) electrons. The summed E-state index contributed by atoms with van der Waals surface area (Å²) in [7, 11) is 1.37. The summed E-state index contributed by atoms with van der Waals surface area (Å²) in [6.07, 6.45) is -0.217. The number of rotatable bonds is 8. The first-order valence-corrected chi connectivity index (χ1v) is 9.77. The number of hydrogen-bond donors (Lipinski definition) is 0. The Morgan fingerprint density at radius 2 is 1.66 bits per heavy atom. The predicted octanol–water partition coefficient (Wildman–Crippen LogP) is 5.58. The van der Waals surface area contributed by atoms with Gasteiger partial charge in [0.05, 0.1) is 29.3 Å². The van der Waals surface area contributed by atoms with Crippen LogP contribution in [0, 0.1) is 0 Å². The van der Waals surface area contributed by atoms with Crippen LogP contribution in [0.3, 0.4) is 0 Å². The summed E-state index contributed by atoms with van der Waals surface area (Å²) in [6.45, 7) is 7.65. The monoisotopic (exact) mass is 436 g/mol. The van der Waals surface area contributed by atoms with E-state index in [1.54, 1.807) is 19.1 Å². The second-order valence-corrected chi connectivity index (χ2v) is 6.88. The van der Waals surface area contributed by atoms with Crippen LogP contribution in [0.25, 0.3) is 0 Å². The average Bonchev–Trinajstić information content (AvgIpc) is 2.73. The van der Waals surface area contributed by atoms with Crippen molar-refractivity contribution >= 4 is 35.1 Å². The highest BCUT2D eigenvalue weighted by Gasteiger charge is 2.29. The minimum absolute atomic E-state index is 0.0124. The Balaban J connectivity index is 2.44. The van der Waals surface area contributed by atoms with E-state index in [9.17, 15) is 9.59 Å². The quantitative estimate of drug-likeness (QED) is 0.399. The van der Waals surface area contributed by atoms with Gasteiger partial charge in [0.15, 0.2) is 11.9 Å². The third-order valence-electron chi connectivity index (χ3n) is 4.24. The summed E-state index contributed by atoms with van der Waals surface area (Å²) in [5.74, 6) is -1.37. The molecule has 2 rings (SSSR count). The Kier molecular flexibility index (Phi) is 8.11. The fourth-order valence-electron chi connectivity index (χ4n) is 2.69. The first-order valence-electron chi connectivity index (χ1n) is 9.01. The van der Waals surface area contributed by atoms with Crippen molar-refractivity contribution in [2.45, 2.75) is 26.4 Å². The largest absolute Gasteiger partial charge is 0.494 e. The van der Waals surface area contributed by atoms with Crippen LogP contribution in [-0.4, -0.2) is 25.7 Å². The molecule has 2 aromatic rings. The molecule has 0 saturated heterocycles. The Hall–Kier alpha value is -2.50. The van der Waals surface area contributed by atoms with E-state index in [2.05, 4.69) is 6.58 Å². The van der Waals surface area contributed by atoms with E-state index in [1.165, 1.54) is 19.2 Å². The first kappa shape index (κ1) is 22.8. The molecule has 0 spiro atoms. The molecule has 0 saturated carbocycles. The van der Waals surface area contributed by atoms with Crippen molar-refractivity contribution < 1.29 is 23.8 Å². The minimum Gasteiger partial charge on any atom is -0.494 e. The second-order valence-electron chi connectivity index (χ2n) is 6.06. The SMILES string of the molecule is C=C(C(=O)OCC)C(OC(=O)c1c(Cl)ccc(Cl)c1OC)c1ccc(CC)cc1. The third-order valence-corrected chi connectivity index (χ3v) is 4.85. The zero-order valence-electron chi connectivity index (χ0n) is 16.5. The van der Waals surface area contributed by atoms with Gasteiger partial charge in [0, 0.05) is 0 Å². The van der Waals surface area contributed by atoms with Crippen molar-refractivity contribution in [2.24, 2.45) is 0 Å². The summed E-state index contributed by atoms with van der Waals surface area (Å²) in [5.41, 5.74) is 1.63. The number of esters is 2. The lowest BCUT2D eigenvalue weighted by Gasteiger charge is -2.21. The van der Waals surface area contributed by atoms with E-state index in [0.717, 1.165) is 12.0 Å². The Bertz CT molecular complexity index is 906. The minimum atomic E-state index is -1.06. The van der Waals surface area contributed by atoms with Gasteiger partial charge in [-0.2, -0.15) is 0 Å². The van der Waals surface area contributed by atoms with E-state index >= 15 is 0 Å². The van der Waals surface area contributed by atoms with Gasteiger partial charge in [0.2, 0.25) is 0 Å². The maximum Gasteiger partial charge on any atom is 0.344 e. The lowest BCUT2D eigenvalue weighted by molar-refractivity contribution is -0.139. The molecule has 0 heterocycles. The zero-order chi connectivity index (χ0) is 21.6. The van der Waals surface area contributed by atoms with Gasteiger partial charge in [-0.15, -0.1) is 0 Å². The van der Waals surface area contributed by atoms with Crippen LogP contribution >= 0.6 is 23.2 Å². The molecular formula is C22H22Cl2O5. The van der Waals surface area contributed by atoms with Crippen molar-refractivity contribution in [2.75, 3.05) is 13.7 Å². The molecule has 0 aromatic heterocycles. The van der Waals surface area contributed by atoms with Crippen LogP contribution in [0.5, 0.6) is 5.75 Å². The van der Waals surface area contributed by atoms with Crippen molar-refractivity contribution in [1.29, 1.82) is 0 Å². The number of carbonyl (C=O) groups is 2. The maximum absolute atomic E-state index is 13.0. The van der Waals surface area contributed by atoms with Crippen LogP contribution in [-0.2, 0) is 20.7 Å². The molecule has 0 aliphatic rings. The number of halogens is 2. The topological polar surface area (TPSA) is 61.8 Å². The summed E-state index contributed by atoms with van der Waals surface area (Å²) in [4.78, 5) is 25.2. The van der Waals surface area contributed by atoms with Crippen LogP contribution in [0.4, 0.5) is 0 Å². The van der Waals surface area contributed by atoms with Crippen LogP contribution in [0.2, 0.25) is 10.0 Å². The molecule has 0 aliphatic heterocycles. The van der Waals surface area contributed by atoms with Crippen molar-refractivity contribution in [3.8, 4) is 5.75 Å². The number of carbonyl (C=O) groups excluding carboxylic acids is 2.